The Labute approximate surface area is 67.5 Å². The van der Waals surface area contributed by atoms with Crippen LogP contribution in [-0.2, 0) is 4.74 Å². The molecule has 1 nitrogen and oxygen atoms in total. The monoisotopic (exact) mass is 160 g/mol. The van der Waals surface area contributed by atoms with Crippen LogP contribution in [0.4, 0.5) is 0 Å². The molecule has 0 aromatic rings. The fourth-order valence-electron chi connectivity index (χ4n) is 0.783. The van der Waals surface area contributed by atoms with Gasteiger partial charge in [-0.2, -0.15) is 11.8 Å². The van der Waals surface area contributed by atoms with Crippen molar-refractivity contribution in [1.82, 2.24) is 0 Å². The minimum Gasteiger partial charge on any atom is -0.373 e. The summed E-state index contributed by atoms with van der Waals surface area (Å²) in [7, 11) is 0. The summed E-state index contributed by atoms with van der Waals surface area (Å²) in [5.41, 5.74) is 0. The predicted octanol–water partition coefficient (Wildman–Crippen LogP) is 2.31. The number of hydrogen-bond donors (Lipinski definition) is 0. The molecule has 0 radical (unpaired) electrons. The Morgan fingerprint density at radius 1 is 1.20 bits per heavy atom. The van der Waals surface area contributed by atoms with E-state index in [2.05, 4.69) is 18.7 Å². The first kappa shape index (κ1) is 8.41. The Morgan fingerprint density at radius 3 is 1.80 bits per heavy atom. The quantitative estimate of drug-likeness (QED) is 0.504. The first-order valence-corrected chi connectivity index (χ1v) is 5.24. The largest absolute Gasteiger partial charge is 0.373 e. The summed E-state index contributed by atoms with van der Waals surface area (Å²) in [5, 5.41) is 0. The van der Waals surface area contributed by atoms with Crippen LogP contribution in [-0.4, -0.2) is 24.2 Å². The third-order valence-electron chi connectivity index (χ3n) is 1.58. The van der Waals surface area contributed by atoms with Crippen molar-refractivity contribution < 1.29 is 4.74 Å². The predicted molar refractivity (Wildman–Crippen MR) is 46.6 cm³/mol. The molecule has 2 heteroatoms. The molecule has 2 heterocycles. The van der Waals surface area contributed by atoms with Gasteiger partial charge in [0.1, 0.15) is 0 Å². The van der Waals surface area contributed by atoms with E-state index in [1.165, 1.54) is 30.8 Å². The highest BCUT2D eigenvalue weighted by molar-refractivity contribution is 7.99. The molecule has 1 atom stereocenters. The van der Waals surface area contributed by atoms with Crippen LogP contribution in [0.5, 0.6) is 0 Å². The second kappa shape index (κ2) is 5.03. The van der Waals surface area contributed by atoms with Crippen LogP contribution in [0.25, 0.3) is 0 Å². The van der Waals surface area contributed by atoms with E-state index in [4.69, 9.17) is 4.74 Å². The molecule has 0 aromatic heterocycles. The summed E-state index contributed by atoms with van der Waals surface area (Å²) in [4.78, 5) is 0. The molecule has 2 saturated heterocycles. The lowest BCUT2D eigenvalue weighted by atomic mass is 10.3. The fraction of sp³-hybridized carbons (Fsp3) is 1.00. The van der Waals surface area contributed by atoms with Gasteiger partial charge in [-0.15, -0.1) is 0 Å². The molecule has 0 N–H and O–H groups in total. The van der Waals surface area contributed by atoms with Crippen molar-refractivity contribution in [3.8, 4) is 0 Å². The van der Waals surface area contributed by atoms with Crippen LogP contribution in [0.15, 0.2) is 0 Å². The van der Waals surface area contributed by atoms with Gasteiger partial charge in [-0.1, -0.05) is 6.42 Å². The molecule has 1 unspecified atom stereocenters. The lowest BCUT2D eigenvalue weighted by Crippen LogP contribution is -1.91. The summed E-state index contributed by atoms with van der Waals surface area (Å²) in [6.45, 7) is 3.04. The molecule has 0 bridgehead atoms. The van der Waals surface area contributed by atoms with Gasteiger partial charge in [-0.25, -0.2) is 0 Å². The molecule has 0 aliphatic carbocycles. The zero-order valence-electron chi connectivity index (χ0n) is 6.64. The van der Waals surface area contributed by atoms with E-state index in [0.717, 1.165) is 6.61 Å². The summed E-state index contributed by atoms with van der Waals surface area (Å²) < 4.78 is 4.71. The molecule has 0 spiro atoms. The zero-order valence-corrected chi connectivity index (χ0v) is 7.45. The van der Waals surface area contributed by atoms with Crippen LogP contribution in [0.3, 0.4) is 0 Å². The van der Waals surface area contributed by atoms with Crippen LogP contribution in [0, 0.1) is 0 Å². The minimum atomic E-state index is 0.583. The molecular formula is C8H16OS. The molecule has 0 aromatic carbocycles. The maximum Gasteiger partial charge on any atom is 0.0781 e. The van der Waals surface area contributed by atoms with Crippen molar-refractivity contribution in [1.29, 1.82) is 0 Å². The Hall–Kier alpha value is 0.310. The SMILES string of the molecule is C1CCSCC1.CC1CO1. The number of thioether (sulfide) groups is 1. The average molecular weight is 160 g/mol. The number of hydrogen-bond acceptors (Lipinski definition) is 2. The van der Waals surface area contributed by atoms with Gasteiger partial charge < -0.3 is 4.74 Å². The molecular weight excluding hydrogens is 144 g/mol. The van der Waals surface area contributed by atoms with Gasteiger partial charge in [0, 0.05) is 0 Å². The van der Waals surface area contributed by atoms with Crippen LogP contribution in [0.1, 0.15) is 26.2 Å². The molecule has 2 aliphatic heterocycles. The Kier molecular flexibility index (Phi) is 4.23. The summed E-state index contributed by atoms with van der Waals surface area (Å²) in [5.74, 6) is 2.83. The first-order valence-electron chi connectivity index (χ1n) is 4.09. The summed E-state index contributed by atoms with van der Waals surface area (Å²) >= 11 is 2.09. The summed E-state index contributed by atoms with van der Waals surface area (Å²) in [6, 6.07) is 0. The van der Waals surface area contributed by atoms with E-state index in [1.807, 2.05) is 0 Å². The highest BCUT2D eigenvalue weighted by Gasteiger charge is 2.13. The van der Waals surface area contributed by atoms with Crippen molar-refractivity contribution in [2.45, 2.75) is 32.3 Å². The van der Waals surface area contributed by atoms with Gasteiger partial charge >= 0.3 is 0 Å². The maximum atomic E-state index is 4.71. The molecule has 2 rings (SSSR count). The molecule has 2 aliphatic rings. The van der Waals surface area contributed by atoms with Gasteiger partial charge in [0.05, 0.1) is 12.7 Å². The smallest absolute Gasteiger partial charge is 0.0781 e. The highest BCUT2D eigenvalue weighted by Crippen LogP contribution is 2.14. The number of ether oxygens (including phenoxy) is 1. The topological polar surface area (TPSA) is 12.5 Å². The van der Waals surface area contributed by atoms with Crippen molar-refractivity contribution in [3.63, 3.8) is 0 Å². The van der Waals surface area contributed by atoms with Gasteiger partial charge in [-0.05, 0) is 31.3 Å². The normalized spacial score (nSPS) is 30.3. The van der Waals surface area contributed by atoms with E-state index in [9.17, 15) is 0 Å². The van der Waals surface area contributed by atoms with Crippen molar-refractivity contribution >= 4 is 11.8 Å². The number of epoxide rings is 1. The standard InChI is InChI=1S/C5H10S.C3H6O/c1-2-4-6-5-3-1;1-3-2-4-3/h1-5H2;3H,2H2,1H3. The maximum absolute atomic E-state index is 4.71. The second-order valence-electron chi connectivity index (χ2n) is 2.82. The van der Waals surface area contributed by atoms with Gasteiger partial charge in [-0.3, -0.25) is 0 Å². The zero-order chi connectivity index (χ0) is 7.23. The first-order chi connectivity index (χ1) is 4.89. The summed E-state index contributed by atoms with van der Waals surface area (Å²) in [6.07, 6.45) is 4.99. The van der Waals surface area contributed by atoms with E-state index >= 15 is 0 Å². The second-order valence-corrected chi connectivity index (χ2v) is 4.04. The Bertz CT molecular complexity index is 65.8. The molecule has 10 heavy (non-hydrogen) atoms. The molecule has 0 saturated carbocycles. The van der Waals surface area contributed by atoms with Crippen molar-refractivity contribution in [2.24, 2.45) is 0 Å². The van der Waals surface area contributed by atoms with Crippen LogP contribution < -0.4 is 0 Å². The molecule has 2 fully saturated rings. The minimum absolute atomic E-state index is 0.583. The van der Waals surface area contributed by atoms with Crippen molar-refractivity contribution in [3.05, 3.63) is 0 Å². The van der Waals surface area contributed by atoms with Gasteiger partial charge in [0.2, 0.25) is 0 Å². The van der Waals surface area contributed by atoms with Crippen molar-refractivity contribution in [2.75, 3.05) is 18.1 Å². The van der Waals surface area contributed by atoms with Gasteiger partial charge in [0.15, 0.2) is 0 Å². The van der Waals surface area contributed by atoms with Gasteiger partial charge in [0.25, 0.3) is 0 Å². The lowest BCUT2D eigenvalue weighted by Gasteiger charge is -2.05. The van der Waals surface area contributed by atoms with E-state index in [-0.39, 0.29) is 0 Å². The lowest BCUT2D eigenvalue weighted by molar-refractivity contribution is 0.423. The Balaban J connectivity index is 0.000000108. The van der Waals surface area contributed by atoms with Crippen LogP contribution >= 0.6 is 11.8 Å². The third kappa shape index (κ3) is 5.12. The third-order valence-corrected chi connectivity index (χ3v) is 2.73. The molecule has 0 amide bonds. The van der Waals surface area contributed by atoms with Crippen LogP contribution in [0.2, 0.25) is 0 Å². The average Bonchev–Trinajstić information content (AvgIpc) is 2.77. The van der Waals surface area contributed by atoms with E-state index in [1.54, 1.807) is 0 Å². The fourth-order valence-corrected chi connectivity index (χ4v) is 1.80. The highest BCUT2D eigenvalue weighted by atomic mass is 32.2. The number of rotatable bonds is 0. The van der Waals surface area contributed by atoms with E-state index in [0.29, 0.717) is 6.10 Å². The molecule has 60 valence electrons. The Morgan fingerprint density at radius 2 is 1.70 bits per heavy atom. The van der Waals surface area contributed by atoms with E-state index < -0.39 is 0 Å².